The predicted molar refractivity (Wildman–Crippen MR) is 127 cm³/mol. The summed E-state index contributed by atoms with van der Waals surface area (Å²) >= 11 is 0. The molecule has 3 rings (SSSR count). The molecule has 2 N–H and O–H groups in total. The molecule has 0 saturated carbocycles. The number of carbonyl (C=O) groups is 1. The number of nitrogens with one attached hydrogen (secondary N) is 1. The van der Waals surface area contributed by atoms with Gasteiger partial charge in [0.25, 0.3) is 0 Å². The number of aliphatic hydroxyl groups is 1. The van der Waals surface area contributed by atoms with Crippen LogP contribution in [0.5, 0.6) is 0 Å². The molecular weight excluding hydrogens is 421 g/mol. The lowest BCUT2D eigenvalue weighted by Crippen LogP contribution is -2.53. The maximum atomic E-state index is 13.1. The van der Waals surface area contributed by atoms with Crippen LogP contribution in [0.15, 0.2) is 54.6 Å². The number of piperazine rings is 1. The summed E-state index contributed by atoms with van der Waals surface area (Å²) in [5.74, 6) is -0.220. The molecule has 1 amide bonds. The number of carbonyl (C=O) groups excluding carboxylic acids is 1. The van der Waals surface area contributed by atoms with Crippen molar-refractivity contribution >= 4 is 6.09 Å². The number of ether oxygens (including phenoxy) is 1. The van der Waals surface area contributed by atoms with Crippen LogP contribution in [-0.4, -0.2) is 71.5 Å². The smallest absolute Gasteiger partial charge is 0.407 e. The first-order valence-corrected chi connectivity index (χ1v) is 11.6. The van der Waals surface area contributed by atoms with Crippen LogP contribution < -0.4 is 5.32 Å². The number of hydrogen-bond donors (Lipinski definition) is 2. The van der Waals surface area contributed by atoms with Gasteiger partial charge >= 0.3 is 6.09 Å². The number of alkyl carbamates (subject to hydrolysis) is 1. The number of benzene rings is 2. The Balaban J connectivity index is 1.54. The number of amides is 1. The van der Waals surface area contributed by atoms with Gasteiger partial charge in [-0.2, -0.15) is 0 Å². The van der Waals surface area contributed by atoms with Gasteiger partial charge in [-0.1, -0.05) is 42.5 Å². The second-order valence-electron chi connectivity index (χ2n) is 9.71. The van der Waals surface area contributed by atoms with Gasteiger partial charge in [0.2, 0.25) is 0 Å². The average molecular weight is 458 g/mol. The number of rotatable bonds is 8. The van der Waals surface area contributed by atoms with Crippen LogP contribution in [0, 0.1) is 5.82 Å². The van der Waals surface area contributed by atoms with E-state index in [1.807, 2.05) is 63.2 Å². The summed E-state index contributed by atoms with van der Waals surface area (Å²) in [7, 11) is 0. The number of aliphatic hydroxyl groups excluding tert-OH is 1. The van der Waals surface area contributed by atoms with Crippen LogP contribution in [0.2, 0.25) is 0 Å². The van der Waals surface area contributed by atoms with E-state index in [0.717, 1.165) is 43.9 Å². The Morgan fingerprint density at radius 1 is 1.00 bits per heavy atom. The minimum atomic E-state index is -0.735. The maximum Gasteiger partial charge on any atom is 0.407 e. The van der Waals surface area contributed by atoms with E-state index in [1.54, 1.807) is 0 Å². The van der Waals surface area contributed by atoms with Crippen molar-refractivity contribution in [2.24, 2.45) is 0 Å². The fourth-order valence-corrected chi connectivity index (χ4v) is 3.98. The molecule has 0 bridgehead atoms. The van der Waals surface area contributed by atoms with Gasteiger partial charge in [-0.15, -0.1) is 0 Å². The van der Waals surface area contributed by atoms with Crippen molar-refractivity contribution in [2.75, 3.05) is 32.7 Å². The highest BCUT2D eigenvalue weighted by molar-refractivity contribution is 5.68. The van der Waals surface area contributed by atoms with Crippen LogP contribution >= 0.6 is 0 Å². The molecule has 1 aliphatic heterocycles. The molecule has 0 spiro atoms. The molecule has 0 unspecified atom stereocenters. The van der Waals surface area contributed by atoms with Gasteiger partial charge in [-0.3, -0.25) is 9.80 Å². The molecular formula is C26H36FN3O3. The van der Waals surface area contributed by atoms with Crippen molar-refractivity contribution < 1.29 is 19.0 Å². The van der Waals surface area contributed by atoms with Crippen molar-refractivity contribution in [3.8, 4) is 0 Å². The lowest BCUT2D eigenvalue weighted by molar-refractivity contribution is 0.0299. The van der Waals surface area contributed by atoms with Crippen LogP contribution in [0.1, 0.15) is 31.9 Å². The minimum absolute atomic E-state index is 0.220. The van der Waals surface area contributed by atoms with Crippen molar-refractivity contribution in [1.29, 1.82) is 0 Å². The lowest BCUT2D eigenvalue weighted by atomic mass is 10.0. The largest absolute Gasteiger partial charge is 0.444 e. The normalized spacial score (nSPS) is 17.4. The van der Waals surface area contributed by atoms with Gasteiger partial charge in [0.1, 0.15) is 11.4 Å². The molecule has 2 atom stereocenters. The monoisotopic (exact) mass is 457 g/mol. The van der Waals surface area contributed by atoms with E-state index in [1.165, 1.54) is 12.1 Å². The second kappa shape index (κ2) is 11.6. The lowest BCUT2D eigenvalue weighted by Gasteiger charge is -2.37. The zero-order valence-electron chi connectivity index (χ0n) is 19.8. The first-order chi connectivity index (χ1) is 15.7. The molecule has 33 heavy (non-hydrogen) atoms. The predicted octanol–water partition coefficient (Wildman–Crippen LogP) is 3.44. The fraction of sp³-hybridized carbons (Fsp3) is 0.500. The molecule has 180 valence electrons. The summed E-state index contributed by atoms with van der Waals surface area (Å²) in [6, 6.07) is 16.0. The van der Waals surface area contributed by atoms with Crippen LogP contribution in [0.3, 0.4) is 0 Å². The van der Waals surface area contributed by atoms with Gasteiger partial charge in [0.15, 0.2) is 0 Å². The number of β-amino-alcohol motifs (C(OH)–C–C–N with tert-alkyl or cyclic N) is 1. The van der Waals surface area contributed by atoms with Crippen molar-refractivity contribution in [3.63, 3.8) is 0 Å². The molecule has 6 nitrogen and oxygen atoms in total. The summed E-state index contributed by atoms with van der Waals surface area (Å²) in [6.07, 6.45) is -0.737. The Morgan fingerprint density at radius 3 is 2.21 bits per heavy atom. The van der Waals surface area contributed by atoms with Gasteiger partial charge in [-0.05, 0) is 50.5 Å². The number of hydrogen-bond acceptors (Lipinski definition) is 5. The summed E-state index contributed by atoms with van der Waals surface area (Å²) in [6.45, 7) is 10.1. The van der Waals surface area contributed by atoms with Gasteiger partial charge in [0, 0.05) is 39.3 Å². The van der Waals surface area contributed by atoms with Crippen molar-refractivity contribution in [1.82, 2.24) is 15.1 Å². The zero-order chi connectivity index (χ0) is 23.8. The van der Waals surface area contributed by atoms with Crippen LogP contribution in [0.4, 0.5) is 9.18 Å². The molecule has 1 heterocycles. The first kappa shape index (κ1) is 25.1. The summed E-state index contributed by atoms with van der Waals surface area (Å²) in [5, 5.41) is 13.9. The van der Waals surface area contributed by atoms with E-state index in [4.69, 9.17) is 4.74 Å². The molecule has 2 aromatic rings. The van der Waals surface area contributed by atoms with Gasteiger partial charge in [0.05, 0.1) is 12.1 Å². The molecule has 1 fully saturated rings. The highest BCUT2D eigenvalue weighted by Crippen LogP contribution is 2.13. The zero-order valence-corrected chi connectivity index (χ0v) is 19.8. The maximum absolute atomic E-state index is 13.1. The highest BCUT2D eigenvalue weighted by Gasteiger charge is 2.28. The molecule has 0 aromatic heterocycles. The Labute approximate surface area is 196 Å². The Kier molecular flexibility index (Phi) is 8.83. The van der Waals surface area contributed by atoms with E-state index in [0.29, 0.717) is 13.0 Å². The quantitative estimate of drug-likeness (QED) is 0.636. The second-order valence-corrected chi connectivity index (χ2v) is 9.71. The standard InChI is InChI=1S/C26H36FN3O3/c1-26(2,3)33-25(32)28-23(17-20-7-5-4-6-8-20)24(31)19-30-15-13-29(14-16-30)18-21-9-11-22(27)12-10-21/h4-12,23-24,31H,13-19H2,1-3H3,(H,28,32)/t23-,24+/m0/s1. The summed E-state index contributed by atoms with van der Waals surface area (Å²) < 4.78 is 18.5. The number of halogens is 1. The molecule has 1 aliphatic rings. The van der Waals surface area contributed by atoms with Crippen molar-refractivity contribution in [2.45, 2.75) is 51.5 Å². The van der Waals surface area contributed by atoms with E-state index >= 15 is 0 Å². The topological polar surface area (TPSA) is 65.0 Å². The van der Waals surface area contributed by atoms with E-state index < -0.39 is 23.8 Å². The Hall–Kier alpha value is -2.48. The first-order valence-electron chi connectivity index (χ1n) is 11.6. The van der Waals surface area contributed by atoms with Crippen LogP contribution in [-0.2, 0) is 17.7 Å². The van der Waals surface area contributed by atoms with E-state index in [9.17, 15) is 14.3 Å². The Morgan fingerprint density at radius 2 is 1.61 bits per heavy atom. The third kappa shape index (κ3) is 8.76. The van der Waals surface area contributed by atoms with E-state index in [-0.39, 0.29) is 5.82 Å². The minimum Gasteiger partial charge on any atom is -0.444 e. The number of nitrogens with zero attached hydrogens (tertiary/aromatic N) is 2. The molecule has 7 heteroatoms. The molecule has 0 aliphatic carbocycles. The molecule has 0 radical (unpaired) electrons. The van der Waals surface area contributed by atoms with Crippen molar-refractivity contribution in [3.05, 3.63) is 71.5 Å². The summed E-state index contributed by atoms with van der Waals surface area (Å²) in [4.78, 5) is 17.0. The highest BCUT2D eigenvalue weighted by atomic mass is 19.1. The van der Waals surface area contributed by atoms with Gasteiger partial charge < -0.3 is 15.2 Å². The molecule has 1 saturated heterocycles. The average Bonchev–Trinajstić information content (AvgIpc) is 2.75. The third-order valence-electron chi connectivity index (χ3n) is 5.69. The van der Waals surface area contributed by atoms with E-state index in [2.05, 4.69) is 15.1 Å². The van der Waals surface area contributed by atoms with Crippen LogP contribution in [0.25, 0.3) is 0 Å². The fourth-order valence-electron chi connectivity index (χ4n) is 3.98. The third-order valence-corrected chi connectivity index (χ3v) is 5.69. The summed E-state index contributed by atoms with van der Waals surface area (Å²) in [5.41, 5.74) is 1.53. The van der Waals surface area contributed by atoms with Gasteiger partial charge in [-0.25, -0.2) is 9.18 Å². The molecule has 2 aromatic carbocycles. The SMILES string of the molecule is CC(C)(C)OC(=O)N[C@@H](Cc1ccccc1)[C@H](O)CN1CCN(Cc2ccc(F)cc2)CC1. The Bertz CT molecular complexity index is 863.